The van der Waals surface area contributed by atoms with E-state index in [1.165, 1.54) is 21.6 Å². The summed E-state index contributed by atoms with van der Waals surface area (Å²) < 4.78 is 25.5. The molecule has 1 N–H and O–H groups in total. The van der Waals surface area contributed by atoms with Crippen LogP contribution in [0.5, 0.6) is 0 Å². The van der Waals surface area contributed by atoms with Gasteiger partial charge in [-0.15, -0.1) is 11.8 Å². The lowest BCUT2D eigenvalue weighted by Gasteiger charge is -2.12. The largest absolute Gasteiger partial charge is 0.312 e. The third-order valence-corrected chi connectivity index (χ3v) is 8.10. The van der Waals surface area contributed by atoms with Crippen molar-refractivity contribution in [3.05, 3.63) is 46.3 Å². The van der Waals surface area contributed by atoms with Crippen molar-refractivity contribution in [3.8, 4) is 0 Å². The Morgan fingerprint density at radius 1 is 1.22 bits per heavy atom. The molecule has 1 aliphatic heterocycles. The highest BCUT2D eigenvalue weighted by Crippen LogP contribution is 2.27. The van der Waals surface area contributed by atoms with E-state index in [1.807, 2.05) is 30.3 Å². The number of rotatable bonds is 7. The molecule has 5 nitrogen and oxygen atoms in total. The van der Waals surface area contributed by atoms with Crippen molar-refractivity contribution in [1.29, 1.82) is 0 Å². The van der Waals surface area contributed by atoms with Crippen LogP contribution in [0.3, 0.4) is 0 Å². The van der Waals surface area contributed by atoms with E-state index in [9.17, 15) is 8.42 Å². The number of thioether (sulfide) groups is 1. The van der Waals surface area contributed by atoms with Crippen molar-refractivity contribution in [1.82, 2.24) is 15.1 Å². The Balaban J connectivity index is 1.52. The topological polar surface area (TPSA) is 64.0 Å². The fourth-order valence-electron chi connectivity index (χ4n) is 3.53. The Morgan fingerprint density at radius 2 is 2.00 bits per heavy atom. The Labute approximate surface area is 166 Å². The summed E-state index contributed by atoms with van der Waals surface area (Å²) in [4.78, 5) is 1.31. The second-order valence-corrected chi connectivity index (χ2v) is 10.8. The zero-order valence-corrected chi connectivity index (χ0v) is 18.2. The van der Waals surface area contributed by atoms with E-state index in [4.69, 9.17) is 0 Å². The molecule has 1 fully saturated rings. The summed E-state index contributed by atoms with van der Waals surface area (Å²) in [6.07, 6.45) is 0.670. The summed E-state index contributed by atoms with van der Waals surface area (Å²) >= 11 is 1.86. The van der Waals surface area contributed by atoms with Gasteiger partial charge in [0.05, 0.1) is 23.2 Å². The lowest BCUT2D eigenvalue weighted by Crippen LogP contribution is -2.18. The predicted molar refractivity (Wildman–Crippen MR) is 112 cm³/mol. The summed E-state index contributed by atoms with van der Waals surface area (Å²) in [6, 6.07) is 6.59. The maximum atomic E-state index is 11.8. The highest BCUT2D eigenvalue weighted by molar-refractivity contribution is 7.99. The minimum atomic E-state index is -2.90. The van der Waals surface area contributed by atoms with Crippen LogP contribution in [-0.2, 0) is 16.4 Å². The number of aromatic nitrogens is 2. The molecule has 0 saturated carbocycles. The molecular weight excluding hydrogens is 378 g/mol. The number of nitrogens with zero attached hydrogens (tertiary/aromatic N) is 2. The predicted octanol–water partition coefficient (Wildman–Crippen LogP) is 3.36. The van der Waals surface area contributed by atoms with Crippen molar-refractivity contribution < 1.29 is 8.42 Å². The number of hydrogen-bond acceptors (Lipinski definition) is 5. The molecule has 0 spiro atoms. The van der Waals surface area contributed by atoms with Gasteiger partial charge in [0.15, 0.2) is 9.84 Å². The van der Waals surface area contributed by atoms with Crippen molar-refractivity contribution in [2.45, 2.75) is 51.6 Å². The molecule has 1 saturated heterocycles. The van der Waals surface area contributed by atoms with E-state index >= 15 is 0 Å². The van der Waals surface area contributed by atoms with Gasteiger partial charge in [-0.1, -0.05) is 6.07 Å². The molecule has 0 radical (unpaired) electrons. The van der Waals surface area contributed by atoms with Gasteiger partial charge in [-0.25, -0.2) is 8.42 Å². The van der Waals surface area contributed by atoms with Gasteiger partial charge < -0.3 is 5.32 Å². The average molecular weight is 408 g/mol. The third-order valence-electron chi connectivity index (χ3n) is 5.36. The maximum absolute atomic E-state index is 11.8. The lowest BCUT2D eigenvalue weighted by molar-refractivity contribution is 0.485. The summed E-state index contributed by atoms with van der Waals surface area (Å²) in [6.45, 7) is 10.0. The van der Waals surface area contributed by atoms with Crippen LogP contribution in [-0.4, -0.2) is 42.0 Å². The number of hydrogen-bond donors (Lipinski definition) is 1. The Hall–Kier alpha value is -1.31. The van der Waals surface area contributed by atoms with Crippen LogP contribution in [0, 0.1) is 27.7 Å². The molecule has 2 heterocycles. The minimum Gasteiger partial charge on any atom is -0.312 e. The van der Waals surface area contributed by atoms with Crippen molar-refractivity contribution in [2.75, 3.05) is 23.8 Å². The van der Waals surface area contributed by atoms with Gasteiger partial charge in [0.2, 0.25) is 0 Å². The van der Waals surface area contributed by atoms with Gasteiger partial charge in [0.25, 0.3) is 0 Å². The molecule has 3 rings (SSSR count). The number of benzene rings is 1. The average Bonchev–Trinajstić information content (AvgIpc) is 3.10. The Morgan fingerprint density at radius 3 is 2.67 bits per heavy atom. The van der Waals surface area contributed by atoms with Crippen LogP contribution in [0.2, 0.25) is 0 Å². The van der Waals surface area contributed by atoms with Crippen LogP contribution in [0.25, 0.3) is 0 Å². The first-order chi connectivity index (χ1) is 12.8. The quantitative estimate of drug-likeness (QED) is 0.563. The lowest BCUT2D eigenvalue weighted by atomic mass is 10.1. The van der Waals surface area contributed by atoms with E-state index in [1.54, 1.807) is 0 Å². The van der Waals surface area contributed by atoms with E-state index in [-0.39, 0.29) is 17.5 Å². The SMILES string of the molecule is Cc1ccc(SCCNCc2c(C)nn([C@@H]3CCS(=O)(=O)C3)c2C)cc1C. The van der Waals surface area contributed by atoms with E-state index in [0.717, 1.165) is 30.2 Å². The molecule has 0 aliphatic carbocycles. The summed E-state index contributed by atoms with van der Waals surface area (Å²) in [7, 11) is -2.90. The maximum Gasteiger partial charge on any atom is 0.152 e. The number of aryl methyl sites for hydroxylation is 3. The molecule has 1 aromatic carbocycles. The molecule has 1 atom stereocenters. The number of nitrogens with one attached hydrogen (secondary N) is 1. The van der Waals surface area contributed by atoms with Gasteiger partial charge in [-0.05, 0) is 57.4 Å². The monoisotopic (exact) mass is 407 g/mol. The fraction of sp³-hybridized carbons (Fsp3) is 0.550. The van der Waals surface area contributed by atoms with Crippen LogP contribution in [0.15, 0.2) is 23.1 Å². The molecular formula is C20H29N3O2S2. The molecule has 2 aromatic rings. The second kappa shape index (κ2) is 8.37. The first-order valence-electron chi connectivity index (χ1n) is 9.42. The van der Waals surface area contributed by atoms with Crippen molar-refractivity contribution in [2.24, 2.45) is 0 Å². The van der Waals surface area contributed by atoms with Gasteiger partial charge in [0.1, 0.15) is 0 Å². The molecule has 1 aromatic heterocycles. The summed E-state index contributed by atoms with van der Waals surface area (Å²) in [5.41, 5.74) is 5.93. The highest BCUT2D eigenvalue weighted by atomic mass is 32.2. The fourth-order valence-corrected chi connectivity index (χ4v) is 6.13. The smallest absolute Gasteiger partial charge is 0.152 e. The van der Waals surface area contributed by atoms with E-state index < -0.39 is 9.84 Å². The first kappa shape index (κ1) is 20.4. The molecule has 0 unspecified atom stereocenters. The minimum absolute atomic E-state index is 0.0113. The second-order valence-electron chi connectivity index (χ2n) is 7.42. The molecule has 1 aliphatic rings. The normalized spacial score (nSPS) is 18.9. The van der Waals surface area contributed by atoms with Crippen molar-refractivity contribution in [3.63, 3.8) is 0 Å². The van der Waals surface area contributed by atoms with Crippen LogP contribution in [0.4, 0.5) is 0 Å². The zero-order chi connectivity index (χ0) is 19.6. The third kappa shape index (κ3) is 4.95. The molecule has 0 bridgehead atoms. The van der Waals surface area contributed by atoms with Crippen LogP contribution < -0.4 is 5.32 Å². The van der Waals surface area contributed by atoms with Crippen LogP contribution in [0.1, 0.15) is 40.5 Å². The summed E-state index contributed by atoms with van der Waals surface area (Å²) in [5, 5.41) is 8.14. The number of sulfone groups is 1. The Kier molecular flexibility index (Phi) is 6.33. The van der Waals surface area contributed by atoms with Crippen LogP contribution >= 0.6 is 11.8 Å². The Bertz CT molecular complexity index is 920. The molecule has 0 amide bonds. The van der Waals surface area contributed by atoms with E-state index in [0.29, 0.717) is 6.42 Å². The summed E-state index contributed by atoms with van der Waals surface area (Å²) in [5.74, 6) is 1.50. The standard InChI is InChI=1S/C20H29N3O2S2/c1-14-5-6-19(11-15(14)2)26-9-8-21-12-20-16(3)22-23(17(20)4)18-7-10-27(24,25)13-18/h5-6,11,18,21H,7-10,12-13H2,1-4H3/t18-/m1/s1. The zero-order valence-electron chi connectivity index (χ0n) is 16.6. The van der Waals surface area contributed by atoms with Gasteiger partial charge in [0, 0.05) is 35.0 Å². The van der Waals surface area contributed by atoms with Crippen molar-refractivity contribution >= 4 is 21.6 Å². The molecule has 7 heteroatoms. The van der Waals surface area contributed by atoms with E-state index in [2.05, 4.69) is 42.5 Å². The highest BCUT2D eigenvalue weighted by Gasteiger charge is 2.31. The first-order valence-corrected chi connectivity index (χ1v) is 12.2. The molecule has 148 valence electrons. The van der Waals surface area contributed by atoms with Gasteiger partial charge in [-0.3, -0.25) is 4.68 Å². The van der Waals surface area contributed by atoms with Gasteiger partial charge >= 0.3 is 0 Å². The molecule has 27 heavy (non-hydrogen) atoms. The van der Waals surface area contributed by atoms with Gasteiger partial charge in [-0.2, -0.15) is 5.10 Å².